The number of alkyl halides is 4. The topological polar surface area (TPSA) is 9.23 Å². The standard InChI is InChI=1S/C20H34Cl4O/c21-19(22,13-11-17-7-3-1-4-8-17)15-25-16-20(23,24)14-12-18-9-5-2-6-10-18/h17-18H,1-16H2. The number of hydrogen-bond acceptors (Lipinski definition) is 1. The highest BCUT2D eigenvalue weighted by atomic mass is 35.5. The molecule has 0 amide bonds. The first-order chi connectivity index (χ1) is 11.9. The van der Waals surface area contributed by atoms with Crippen molar-refractivity contribution in [3.05, 3.63) is 0 Å². The van der Waals surface area contributed by atoms with E-state index in [1.807, 2.05) is 0 Å². The second-order valence-corrected chi connectivity index (χ2v) is 11.6. The molecule has 2 aliphatic carbocycles. The molecule has 0 aromatic rings. The Hall–Kier alpha value is 1.12. The Bertz CT molecular complexity index is 327. The van der Waals surface area contributed by atoms with Crippen LogP contribution in [0.2, 0.25) is 0 Å². The Morgan fingerprint density at radius 2 is 0.960 bits per heavy atom. The van der Waals surface area contributed by atoms with Gasteiger partial charge >= 0.3 is 0 Å². The zero-order valence-corrected chi connectivity index (χ0v) is 18.4. The van der Waals surface area contributed by atoms with Gasteiger partial charge in [-0.05, 0) is 37.5 Å². The lowest BCUT2D eigenvalue weighted by atomic mass is 9.85. The van der Waals surface area contributed by atoms with E-state index in [0.717, 1.165) is 37.5 Å². The molecule has 2 saturated carbocycles. The molecule has 1 nitrogen and oxygen atoms in total. The molecular formula is C20H34Cl4O. The summed E-state index contributed by atoms with van der Waals surface area (Å²) in [5.41, 5.74) is 0. The van der Waals surface area contributed by atoms with E-state index in [1.165, 1.54) is 64.2 Å². The van der Waals surface area contributed by atoms with Gasteiger partial charge in [0.15, 0.2) is 0 Å². The van der Waals surface area contributed by atoms with E-state index in [-0.39, 0.29) is 0 Å². The average Bonchev–Trinajstić information content (AvgIpc) is 2.60. The van der Waals surface area contributed by atoms with Crippen molar-refractivity contribution in [3.63, 3.8) is 0 Å². The van der Waals surface area contributed by atoms with E-state index < -0.39 is 8.67 Å². The van der Waals surface area contributed by atoms with Crippen LogP contribution < -0.4 is 0 Å². The molecule has 0 spiro atoms. The molecule has 148 valence electrons. The van der Waals surface area contributed by atoms with E-state index >= 15 is 0 Å². The molecule has 0 atom stereocenters. The second kappa shape index (κ2) is 11.2. The Morgan fingerprint density at radius 1 is 0.600 bits per heavy atom. The van der Waals surface area contributed by atoms with Gasteiger partial charge in [-0.2, -0.15) is 0 Å². The van der Waals surface area contributed by atoms with Crippen LogP contribution in [0.15, 0.2) is 0 Å². The quantitative estimate of drug-likeness (QED) is 0.317. The van der Waals surface area contributed by atoms with Crippen molar-refractivity contribution < 1.29 is 4.74 Å². The van der Waals surface area contributed by atoms with Crippen LogP contribution in [0.25, 0.3) is 0 Å². The van der Waals surface area contributed by atoms with Crippen molar-refractivity contribution in [3.8, 4) is 0 Å². The molecule has 5 heteroatoms. The maximum atomic E-state index is 6.44. The molecule has 2 fully saturated rings. The third-order valence-electron chi connectivity index (χ3n) is 5.91. The minimum Gasteiger partial charge on any atom is -0.375 e. The Labute approximate surface area is 174 Å². The van der Waals surface area contributed by atoms with Crippen molar-refractivity contribution in [2.45, 2.75) is 98.6 Å². The molecule has 0 heterocycles. The molecule has 0 N–H and O–H groups in total. The lowest BCUT2D eigenvalue weighted by Crippen LogP contribution is -2.28. The van der Waals surface area contributed by atoms with Crippen LogP contribution in [-0.4, -0.2) is 21.9 Å². The van der Waals surface area contributed by atoms with Crippen LogP contribution in [0, 0.1) is 11.8 Å². The molecule has 0 saturated heterocycles. The van der Waals surface area contributed by atoms with E-state index in [1.54, 1.807) is 0 Å². The second-order valence-electron chi connectivity index (χ2n) is 8.29. The maximum Gasteiger partial charge on any atom is 0.141 e. The summed E-state index contributed by atoms with van der Waals surface area (Å²) in [6.45, 7) is 0.598. The molecule has 25 heavy (non-hydrogen) atoms. The first kappa shape index (κ1) is 22.4. The predicted octanol–water partition coefficient (Wildman–Crippen LogP) is 8.07. The minimum absolute atomic E-state index is 0.299. The predicted molar refractivity (Wildman–Crippen MR) is 111 cm³/mol. The minimum atomic E-state index is -0.829. The fourth-order valence-corrected chi connectivity index (χ4v) is 5.02. The molecular weight excluding hydrogens is 398 g/mol. The summed E-state index contributed by atoms with van der Waals surface area (Å²) >= 11 is 25.7. The van der Waals surface area contributed by atoms with Crippen molar-refractivity contribution in [1.29, 1.82) is 0 Å². The van der Waals surface area contributed by atoms with Gasteiger partial charge in [0.1, 0.15) is 8.67 Å². The fraction of sp³-hybridized carbons (Fsp3) is 1.00. The highest BCUT2D eigenvalue weighted by Crippen LogP contribution is 2.36. The molecule has 0 bridgehead atoms. The summed E-state index contributed by atoms with van der Waals surface area (Å²) in [5.74, 6) is 1.56. The van der Waals surface area contributed by atoms with Crippen LogP contribution in [0.3, 0.4) is 0 Å². The first-order valence-electron chi connectivity index (χ1n) is 10.2. The number of hydrogen-bond donors (Lipinski definition) is 0. The SMILES string of the molecule is ClC(Cl)(CCC1CCCCC1)COCC(Cl)(Cl)CCC1CCCCC1. The van der Waals surface area contributed by atoms with Gasteiger partial charge in [-0.15, -0.1) is 0 Å². The van der Waals surface area contributed by atoms with Gasteiger partial charge in [-0.25, -0.2) is 0 Å². The summed E-state index contributed by atoms with van der Waals surface area (Å²) in [4.78, 5) is 0. The van der Waals surface area contributed by atoms with Gasteiger partial charge < -0.3 is 4.74 Å². The first-order valence-corrected chi connectivity index (χ1v) is 11.7. The summed E-state index contributed by atoms with van der Waals surface area (Å²) in [7, 11) is 0. The van der Waals surface area contributed by atoms with Crippen LogP contribution in [-0.2, 0) is 4.74 Å². The lowest BCUT2D eigenvalue weighted by molar-refractivity contribution is 0.112. The van der Waals surface area contributed by atoms with Gasteiger partial charge in [0, 0.05) is 0 Å². The summed E-state index contributed by atoms with van der Waals surface area (Å²) in [6.07, 6.45) is 17.1. The van der Waals surface area contributed by atoms with E-state index in [2.05, 4.69) is 0 Å². The largest absolute Gasteiger partial charge is 0.375 e. The molecule has 0 radical (unpaired) electrons. The number of halogens is 4. The van der Waals surface area contributed by atoms with Gasteiger partial charge in [-0.3, -0.25) is 0 Å². The monoisotopic (exact) mass is 430 g/mol. The zero-order chi connectivity index (χ0) is 18.2. The molecule has 0 aliphatic heterocycles. The smallest absolute Gasteiger partial charge is 0.141 e. The third kappa shape index (κ3) is 9.74. The van der Waals surface area contributed by atoms with E-state index in [9.17, 15) is 0 Å². The van der Waals surface area contributed by atoms with Crippen molar-refractivity contribution >= 4 is 46.4 Å². The van der Waals surface area contributed by atoms with Gasteiger partial charge in [0.2, 0.25) is 0 Å². The van der Waals surface area contributed by atoms with Gasteiger partial charge in [0.05, 0.1) is 13.2 Å². The molecule has 0 aromatic heterocycles. The van der Waals surface area contributed by atoms with Gasteiger partial charge in [-0.1, -0.05) is 111 Å². The van der Waals surface area contributed by atoms with Gasteiger partial charge in [0.25, 0.3) is 0 Å². The number of ether oxygens (including phenoxy) is 1. The third-order valence-corrected chi connectivity index (χ3v) is 7.11. The van der Waals surface area contributed by atoms with Crippen LogP contribution in [0.1, 0.15) is 89.9 Å². The highest BCUT2D eigenvalue weighted by Gasteiger charge is 2.30. The Balaban J connectivity index is 1.59. The Morgan fingerprint density at radius 3 is 1.32 bits per heavy atom. The highest BCUT2D eigenvalue weighted by molar-refractivity contribution is 6.49. The van der Waals surface area contributed by atoms with Crippen molar-refractivity contribution in [2.24, 2.45) is 11.8 Å². The van der Waals surface area contributed by atoms with E-state index in [0.29, 0.717) is 13.2 Å². The van der Waals surface area contributed by atoms with Crippen LogP contribution in [0.5, 0.6) is 0 Å². The van der Waals surface area contributed by atoms with Crippen LogP contribution in [0.4, 0.5) is 0 Å². The molecule has 0 unspecified atom stereocenters. The lowest BCUT2D eigenvalue weighted by Gasteiger charge is -2.28. The maximum absolute atomic E-state index is 6.44. The summed E-state index contributed by atoms with van der Waals surface area (Å²) in [5, 5.41) is 0. The molecule has 0 aromatic carbocycles. The summed E-state index contributed by atoms with van der Waals surface area (Å²) in [6, 6.07) is 0. The average molecular weight is 432 g/mol. The van der Waals surface area contributed by atoms with Crippen molar-refractivity contribution in [2.75, 3.05) is 13.2 Å². The molecule has 2 aliphatic rings. The summed E-state index contributed by atoms with van der Waals surface area (Å²) < 4.78 is 4.06. The zero-order valence-electron chi connectivity index (χ0n) is 15.4. The Kier molecular flexibility index (Phi) is 10.0. The number of rotatable bonds is 10. The molecule has 2 rings (SSSR count). The van der Waals surface area contributed by atoms with Crippen molar-refractivity contribution in [1.82, 2.24) is 0 Å². The van der Waals surface area contributed by atoms with E-state index in [4.69, 9.17) is 51.1 Å². The fourth-order valence-electron chi connectivity index (χ4n) is 4.28. The van der Waals surface area contributed by atoms with Crippen LogP contribution >= 0.6 is 46.4 Å². The normalized spacial score (nSPS) is 21.6.